The van der Waals surface area contributed by atoms with Crippen molar-refractivity contribution in [3.8, 4) is 11.8 Å². The molecule has 0 radical (unpaired) electrons. The lowest BCUT2D eigenvalue weighted by atomic mass is 9.99. The summed E-state index contributed by atoms with van der Waals surface area (Å²) in [7, 11) is 1.58. The Morgan fingerprint density at radius 3 is 2.81 bits per heavy atom. The van der Waals surface area contributed by atoms with Gasteiger partial charge in [-0.2, -0.15) is 0 Å². The summed E-state index contributed by atoms with van der Waals surface area (Å²) in [4.78, 5) is 7.97. The minimum atomic E-state index is 0.537. The van der Waals surface area contributed by atoms with E-state index in [1.165, 1.54) is 19.2 Å². The van der Waals surface area contributed by atoms with Crippen LogP contribution in [0.1, 0.15) is 12.8 Å². The van der Waals surface area contributed by atoms with Crippen LogP contribution in [-0.2, 0) is 0 Å². The lowest BCUT2D eigenvalue weighted by molar-refractivity contribution is 0.207. The maximum atomic E-state index is 5.63. The molecule has 1 fully saturated rings. The van der Waals surface area contributed by atoms with E-state index in [1.54, 1.807) is 13.2 Å². The van der Waals surface area contributed by atoms with E-state index in [-0.39, 0.29) is 0 Å². The van der Waals surface area contributed by atoms with E-state index in [0.717, 1.165) is 19.7 Å². The molecular weight excluding hydrogens is 206 g/mol. The van der Waals surface area contributed by atoms with Crippen LogP contribution in [0.5, 0.6) is 11.8 Å². The van der Waals surface area contributed by atoms with Crippen LogP contribution in [0, 0.1) is 5.92 Å². The van der Waals surface area contributed by atoms with Gasteiger partial charge in [0.15, 0.2) is 0 Å². The summed E-state index contributed by atoms with van der Waals surface area (Å²) in [5.74, 6) is 1.75. The Labute approximate surface area is 95.2 Å². The number of ether oxygens (including phenoxy) is 2. The highest BCUT2D eigenvalue weighted by Crippen LogP contribution is 2.16. The summed E-state index contributed by atoms with van der Waals surface area (Å²) < 4.78 is 10.6. The molecule has 1 aliphatic rings. The van der Waals surface area contributed by atoms with Crippen molar-refractivity contribution in [1.82, 2.24) is 15.3 Å². The summed E-state index contributed by atoms with van der Waals surface area (Å²) in [5.41, 5.74) is 0. The molecule has 1 aromatic rings. The van der Waals surface area contributed by atoms with Gasteiger partial charge in [-0.25, -0.2) is 9.97 Å². The van der Waals surface area contributed by atoms with E-state index in [0.29, 0.717) is 17.7 Å². The molecule has 1 aliphatic heterocycles. The molecule has 5 heteroatoms. The summed E-state index contributed by atoms with van der Waals surface area (Å²) in [6.07, 6.45) is 3.79. The molecule has 0 spiro atoms. The zero-order chi connectivity index (χ0) is 11.2. The Bertz CT molecular complexity index is 327. The minimum Gasteiger partial charge on any atom is -0.481 e. The van der Waals surface area contributed by atoms with Gasteiger partial charge >= 0.3 is 0 Å². The highest BCUT2D eigenvalue weighted by molar-refractivity contribution is 5.17. The van der Waals surface area contributed by atoms with Gasteiger partial charge in [0.05, 0.1) is 19.8 Å². The van der Waals surface area contributed by atoms with Crippen LogP contribution in [-0.4, -0.2) is 36.8 Å². The van der Waals surface area contributed by atoms with Gasteiger partial charge in [-0.05, 0) is 31.8 Å². The summed E-state index contributed by atoms with van der Waals surface area (Å²) in [6, 6.07) is 1.71. The molecule has 0 aliphatic carbocycles. The molecule has 1 aromatic heterocycles. The fourth-order valence-electron chi connectivity index (χ4n) is 1.77. The Morgan fingerprint density at radius 2 is 2.06 bits per heavy atom. The molecule has 2 rings (SSSR count). The zero-order valence-corrected chi connectivity index (χ0v) is 9.48. The van der Waals surface area contributed by atoms with Gasteiger partial charge in [0.25, 0.3) is 0 Å². The lowest BCUT2D eigenvalue weighted by Crippen LogP contribution is -2.30. The average Bonchev–Trinajstić information content (AvgIpc) is 2.38. The van der Waals surface area contributed by atoms with Crippen molar-refractivity contribution < 1.29 is 9.47 Å². The van der Waals surface area contributed by atoms with Crippen molar-refractivity contribution in [3.63, 3.8) is 0 Å². The maximum absolute atomic E-state index is 5.63. The minimum absolute atomic E-state index is 0.537. The SMILES string of the molecule is COc1cc(OCC2CCNCC2)ncn1. The second-order valence-corrected chi connectivity index (χ2v) is 3.90. The van der Waals surface area contributed by atoms with Crippen molar-refractivity contribution in [2.45, 2.75) is 12.8 Å². The van der Waals surface area contributed by atoms with Gasteiger partial charge in [0.2, 0.25) is 11.8 Å². The first kappa shape index (κ1) is 11.1. The molecule has 0 saturated carbocycles. The molecule has 0 aromatic carbocycles. The van der Waals surface area contributed by atoms with Crippen molar-refractivity contribution >= 4 is 0 Å². The van der Waals surface area contributed by atoms with Crippen molar-refractivity contribution in [2.75, 3.05) is 26.8 Å². The molecule has 1 saturated heterocycles. The smallest absolute Gasteiger partial charge is 0.220 e. The van der Waals surface area contributed by atoms with Crippen LogP contribution < -0.4 is 14.8 Å². The zero-order valence-electron chi connectivity index (χ0n) is 9.48. The highest BCUT2D eigenvalue weighted by atomic mass is 16.5. The number of hydrogen-bond acceptors (Lipinski definition) is 5. The van der Waals surface area contributed by atoms with Crippen LogP contribution in [0.3, 0.4) is 0 Å². The van der Waals surface area contributed by atoms with E-state index in [9.17, 15) is 0 Å². The van der Waals surface area contributed by atoms with Crippen molar-refractivity contribution in [3.05, 3.63) is 12.4 Å². The molecule has 5 nitrogen and oxygen atoms in total. The van der Waals surface area contributed by atoms with Crippen molar-refractivity contribution in [2.24, 2.45) is 5.92 Å². The van der Waals surface area contributed by atoms with E-state index in [4.69, 9.17) is 9.47 Å². The first-order chi connectivity index (χ1) is 7.88. The fourth-order valence-corrected chi connectivity index (χ4v) is 1.77. The third-order valence-corrected chi connectivity index (χ3v) is 2.75. The highest BCUT2D eigenvalue weighted by Gasteiger charge is 2.13. The summed E-state index contributed by atoms with van der Waals surface area (Å²) in [6.45, 7) is 2.89. The van der Waals surface area contributed by atoms with Crippen LogP contribution in [0.25, 0.3) is 0 Å². The fraction of sp³-hybridized carbons (Fsp3) is 0.636. The number of methoxy groups -OCH3 is 1. The third kappa shape index (κ3) is 3.06. The monoisotopic (exact) mass is 223 g/mol. The number of nitrogens with zero attached hydrogens (tertiary/aromatic N) is 2. The van der Waals surface area contributed by atoms with Gasteiger partial charge in [-0.3, -0.25) is 0 Å². The third-order valence-electron chi connectivity index (χ3n) is 2.75. The average molecular weight is 223 g/mol. The molecule has 0 amide bonds. The van der Waals surface area contributed by atoms with E-state index >= 15 is 0 Å². The Morgan fingerprint density at radius 1 is 1.31 bits per heavy atom. The van der Waals surface area contributed by atoms with Gasteiger partial charge < -0.3 is 14.8 Å². The van der Waals surface area contributed by atoms with Gasteiger partial charge in [-0.1, -0.05) is 0 Å². The normalized spacial score (nSPS) is 17.1. The van der Waals surface area contributed by atoms with Crippen LogP contribution in [0.2, 0.25) is 0 Å². The summed E-state index contributed by atoms with van der Waals surface area (Å²) in [5, 5.41) is 3.33. The molecule has 88 valence electrons. The summed E-state index contributed by atoms with van der Waals surface area (Å²) >= 11 is 0. The molecule has 0 atom stereocenters. The van der Waals surface area contributed by atoms with Crippen molar-refractivity contribution in [1.29, 1.82) is 0 Å². The second-order valence-electron chi connectivity index (χ2n) is 3.90. The van der Waals surface area contributed by atoms with E-state index < -0.39 is 0 Å². The van der Waals surface area contributed by atoms with Gasteiger partial charge in [0.1, 0.15) is 6.33 Å². The topological polar surface area (TPSA) is 56.3 Å². The first-order valence-electron chi connectivity index (χ1n) is 5.58. The number of piperidine rings is 1. The molecule has 2 heterocycles. The van der Waals surface area contributed by atoms with E-state index in [2.05, 4.69) is 15.3 Å². The van der Waals surface area contributed by atoms with Crippen LogP contribution in [0.4, 0.5) is 0 Å². The first-order valence-corrected chi connectivity index (χ1v) is 5.58. The van der Waals surface area contributed by atoms with E-state index in [1.807, 2.05) is 0 Å². The number of aromatic nitrogens is 2. The largest absolute Gasteiger partial charge is 0.481 e. The molecule has 16 heavy (non-hydrogen) atoms. The quantitative estimate of drug-likeness (QED) is 0.820. The Balaban J connectivity index is 1.83. The van der Waals surface area contributed by atoms with Crippen LogP contribution in [0.15, 0.2) is 12.4 Å². The predicted octanol–water partition coefficient (Wildman–Crippen LogP) is 0.864. The number of nitrogens with one attached hydrogen (secondary N) is 1. The van der Waals surface area contributed by atoms with Crippen LogP contribution >= 0.6 is 0 Å². The maximum Gasteiger partial charge on any atom is 0.220 e. The predicted molar refractivity (Wildman–Crippen MR) is 59.7 cm³/mol. The molecule has 1 N–H and O–H groups in total. The number of rotatable bonds is 4. The molecule has 0 bridgehead atoms. The molecule has 0 unspecified atom stereocenters. The number of hydrogen-bond donors (Lipinski definition) is 1. The Kier molecular flexibility index (Phi) is 3.93. The van der Waals surface area contributed by atoms with Gasteiger partial charge in [-0.15, -0.1) is 0 Å². The lowest BCUT2D eigenvalue weighted by Gasteiger charge is -2.22. The standard InChI is InChI=1S/C11H17N3O2/c1-15-10-6-11(14-8-13-10)16-7-9-2-4-12-5-3-9/h6,8-9,12H,2-5,7H2,1H3. The second kappa shape index (κ2) is 5.65. The van der Waals surface area contributed by atoms with Gasteiger partial charge in [0, 0.05) is 0 Å². The molecular formula is C11H17N3O2. The Hall–Kier alpha value is -1.36.